The Bertz CT molecular complexity index is 464. The van der Waals surface area contributed by atoms with Crippen LogP contribution in [0.25, 0.3) is 0 Å². The zero-order valence-electron chi connectivity index (χ0n) is 9.34. The highest BCUT2D eigenvalue weighted by atomic mass is 19.2. The number of rotatable bonds is 1. The average Bonchev–Trinajstić information content (AvgIpc) is 2.30. The van der Waals surface area contributed by atoms with Crippen molar-refractivity contribution in [2.45, 2.75) is 13.0 Å². The number of hydrogen-bond acceptors (Lipinski definition) is 3. The van der Waals surface area contributed by atoms with E-state index in [9.17, 15) is 13.6 Å². The summed E-state index contributed by atoms with van der Waals surface area (Å²) in [6, 6.07) is 1.71. The largest absolute Gasteiger partial charge is 0.397 e. The molecular weight excluding hydrogens is 228 g/mol. The highest BCUT2D eigenvalue weighted by molar-refractivity contribution is 5.87. The van der Waals surface area contributed by atoms with Gasteiger partial charge in [-0.1, -0.05) is 0 Å². The van der Waals surface area contributed by atoms with Crippen LogP contribution in [-0.2, 0) is 4.79 Å². The Labute approximate surface area is 97.4 Å². The van der Waals surface area contributed by atoms with Gasteiger partial charge in [-0.3, -0.25) is 4.79 Å². The molecule has 0 bridgehead atoms. The van der Waals surface area contributed by atoms with Gasteiger partial charge in [-0.05, 0) is 19.1 Å². The standard InChI is InChI=1S/C11H13F2N3O/c1-6-11(17)15-4-5-16(6)10-8(14)3-2-7(12)9(10)13/h2-3,6H,4-5,14H2,1H3,(H,15,17). The van der Waals surface area contributed by atoms with Crippen molar-refractivity contribution in [2.24, 2.45) is 0 Å². The molecule has 0 spiro atoms. The van der Waals surface area contributed by atoms with E-state index in [4.69, 9.17) is 5.73 Å². The van der Waals surface area contributed by atoms with Crippen molar-refractivity contribution < 1.29 is 13.6 Å². The molecule has 0 aliphatic carbocycles. The molecule has 2 rings (SSSR count). The maximum atomic E-state index is 13.7. The second kappa shape index (κ2) is 4.20. The molecule has 1 fully saturated rings. The summed E-state index contributed by atoms with van der Waals surface area (Å²) in [5.41, 5.74) is 5.74. The molecule has 0 aromatic heterocycles. The molecular formula is C11H13F2N3O. The number of nitrogens with zero attached hydrogens (tertiary/aromatic N) is 1. The van der Waals surface area contributed by atoms with E-state index in [-0.39, 0.29) is 17.3 Å². The number of halogens is 2. The van der Waals surface area contributed by atoms with E-state index in [1.807, 2.05) is 0 Å². The van der Waals surface area contributed by atoms with E-state index in [2.05, 4.69) is 5.32 Å². The fraction of sp³-hybridized carbons (Fsp3) is 0.364. The molecule has 1 aromatic carbocycles. The fourth-order valence-corrected chi connectivity index (χ4v) is 1.93. The second-order valence-corrected chi connectivity index (χ2v) is 3.96. The van der Waals surface area contributed by atoms with Gasteiger partial charge in [0.1, 0.15) is 11.7 Å². The van der Waals surface area contributed by atoms with Gasteiger partial charge < -0.3 is 16.0 Å². The first-order valence-corrected chi connectivity index (χ1v) is 5.30. The van der Waals surface area contributed by atoms with Crippen LogP contribution in [0.3, 0.4) is 0 Å². The highest BCUT2D eigenvalue weighted by Crippen LogP contribution is 2.30. The third kappa shape index (κ3) is 1.90. The number of piperazine rings is 1. The highest BCUT2D eigenvalue weighted by Gasteiger charge is 2.29. The first-order chi connectivity index (χ1) is 8.02. The molecule has 4 nitrogen and oxygen atoms in total. The maximum absolute atomic E-state index is 13.7. The molecule has 92 valence electrons. The van der Waals surface area contributed by atoms with Crippen LogP contribution in [0.2, 0.25) is 0 Å². The van der Waals surface area contributed by atoms with Crippen LogP contribution in [0.1, 0.15) is 6.92 Å². The van der Waals surface area contributed by atoms with Crippen molar-refractivity contribution >= 4 is 17.3 Å². The molecule has 17 heavy (non-hydrogen) atoms. The van der Waals surface area contributed by atoms with Crippen molar-refractivity contribution in [3.8, 4) is 0 Å². The molecule has 1 aliphatic heterocycles. The van der Waals surface area contributed by atoms with E-state index < -0.39 is 17.7 Å². The zero-order valence-corrected chi connectivity index (χ0v) is 9.34. The summed E-state index contributed by atoms with van der Waals surface area (Å²) in [6.45, 7) is 2.41. The van der Waals surface area contributed by atoms with E-state index in [1.165, 1.54) is 11.0 Å². The Morgan fingerprint density at radius 1 is 1.47 bits per heavy atom. The predicted octanol–water partition coefficient (Wildman–Crippen LogP) is 0.872. The lowest BCUT2D eigenvalue weighted by molar-refractivity contribution is -0.122. The van der Waals surface area contributed by atoms with Crippen molar-refractivity contribution in [1.82, 2.24) is 5.32 Å². The van der Waals surface area contributed by atoms with Crippen LogP contribution in [0.5, 0.6) is 0 Å². The molecule has 1 aliphatic rings. The Morgan fingerprint density at radius 3 is 2.88 bits per heavy atom. The quantitative estimate of drug-likeness (QED) is 0.717. The Balaban J connectivity index is 2.46. The molecule has 1 atom stereocenters. The lowest BCUT2D eigenvalue weighted by Gasteiger charge is -2.35. The van der Waals surface area contributed by atoms with Crippen molar-refractivity contribution in [3.05, 3.63) is 23.8 Å². The first kappa shape index (κ1) is 11.6. The predicted molar refractivity (Wildman–Crippen MR) is 60.6 cm³/mol. The number of anilines is 2. The first-order valence-electron chi connectivity index (χ1n) is 5.30. The molecule has 1 saturated heterocycles. The number of benzene rings is 1. The SMILES string of the molecule is CC1C(=O)NCCN1c1c(N)ccc(F)c1F. The monoisotopic (exact) mass is 241 g/mol. The number of nitrogens with two attached hydrogens (primary N) is 1. The van der Waals surface area contributed by atoms with Gasteiger partial charge in [-0.15, -0.1) is 0 Å². The van der Waals surface area contributed by atoms with E-state index >= 15 is 0 Å². The summed E-state index contributed by atoms with van der Waals surface area (Å²) in [5.74, 6) is -2.20. The summed E-state index contributed by atoms with van der Waals surface area (Å²) >= 11 is 0. The third-order valence-electron chi connectivity index (χ3n) is 2.89. The summed E-state index contributed by atoms with van der Waals surface area (Å²) < 4.78 is 26.9. The molecule has 0 saturated carbocycles. The number of carbonyl (C=O) groups is 1. The molecule has 6 heteroatoms. The number of nitrogens with one attached hydrogen (secondary N) is 1. The number of carbonyl (C=O) groups excluding carboxylic acids is 1. The minimum atomic E-state index is -1.01. The van der Waals surface area contributed by atoms with Gasteiger partial charge in [0.15, 0.2) is 11.6 Å². The third-order valence-corrected chi connectivity index (χ3v) is 2.89. The Hall–Kier alpha value is -1.85. The zero-order chi connectivity index (χ0) is 12.6. The van der Waals surface area contributed by atoms with Crippen LogP contribution in [0.15, 0.2) is 12.1 Å². The van der Waals surface area contributed by atoms with Gasteiger partial charge in [0, 0.05) is 13.1 Å². The smallest absolute Gasteiger partial charge is 0.242 e. The minimum Gasteiger partial charge on any atom is -0.397 e. The second-order valence-electron chi connectivity index (χ2n) is 3.96. The van der Waals surface area contributed by atoms with E-state index in [0.29, 0.717) is 13.1 Å². The lowest BCUT2D eigenvalue weighted by atomic mass is 10.1. The number of hydrogen-bond donors (Lipinski definition) is 2. The molecule has 1 heterocycles. The van der Waals surface area contributed by atoms with Crippen LogP contribution < -0.4 is 16.0 Å². The molecule has 1 aromatic rings. The van der Waals surface area contributed by atoms with Gasteiger partial charge in [0.25, 0.3) is 0 Å². The van der Waals surface area contributed by atoms with Crippen LogP contribution >= 0.6 is 0 Å². The molecule has 1 unspecified atom stereocenters. The summed E-state index contributed by atoms with van der Waals surface area (Å²) in [6.07, 6.45) is 0. The van der Waals surface area contributed by atoms with Crippen molar-refractivity contribution in [3.63, 3.8) is 0 Å². The van der Waals surface area contributed by atoms with Gasteiger partial charge in [-0.25, -0.2) is 8.78 Å². The van der Waals surface area contributed by atoms with Crippen LogP contribution in [-0.4, -0.2) is 25.0 Å². The summed E-state index contributed by atoms with van der Waals surface area (Å²) in [5, 5.41) is 2.65. The van der Waals surface area contributed by atoms with Gasteiger partial charge >= 0.3 is 0 Å². The molecule has 3 N–H and O–H groups in total. The maximum Gasteiger partial charge on any atom is 0.242 e. The molecule has 1 amide bonds. The van der Waals surface area contributed by atoms with Gasteiger partial charge in [0.05, 0.1) is 5.69 Å². The van der Waals surface area contributed by atoms with Crippen LogP contribution in [0.4, 0.5) is 20.2 Å². The normalized spacial score (nSPS) is 20.3. The van der Waals surface area contributed by atoms with E-state index in [1.54, 1.807) is 6.92 Å². The number of nitrogen functional groups attached to an aromatic ring is 1. The Morgan fingerprint density at radius 2 is 2.18 bits per heavy atom. The lowest BCUT2D eigenvalue weighted by Crippen LogP contribution is -2.54. The summed E-state index contributed by atoms with van der Waals surface area (Å²) in [4.78, 5) is 13.0. The topological polar surface area (TPSA) is 58.4 Å². The average molecular weight is 241 g/mol. The molecule has 0 radical (unpaired) electrons. The minimum absolute atomic E-state index is 0.0349. The number of amides is 1. The fourth-order valence-electron chi connectivity index (χ4n) is 1.93. The van der Waals surface area contributed by atoms with Crippen molar-refractivity contribution in [2.75, 3.05) is 23.7 Å². The van der Waals surface area contributed by atoms with Gasteiger partial charge in [-0.2, -0.15) is 0 Å². The van der Waals surface area contributed by atoms with Crippen LogP contribution in [0, 0.1) is 11.6 Å². The summed E-state index contributed by atoms with van der Waals surface area (Å²) in [7, 11) is 0. The van der Waals surface area contributed by atoms with Gasteiger partial charge in [0.2, 0.25) is 5.91 Å². The van der Waals surface area contributed by atoms with E-state index in [0.717, 1.165) is 6.07 Å². The van der Waals surface area contributed by atoms with Crippen molar-refractivity contribution in [1.29, 1.82) is 0 Å². The Kier molecular flexibility index (Phi) is 2.87.